The quantitative estimate of drug-likeness (QED) is 0.335. The van der Waals surface area contributed by atoms with Gasteiger partial charge in [0.25, 0.3) is 0 Å². The van der Waals surface area contributed by atoms with E-state index in [2.05, 4.69) is 71.5 Å². The van der Waals surface area contributed by atoms with Gasteiger partial charge in [0, 0.05) is 42.0 Å². The van der Waals surface area contributed by atoms with Gasteiger partial charge >= 0.3 is 0 Å². The number of rotatable bonds is 8. The van der Waals surface area contributed by atoms with Crippen molar-refractivity contribution in [3.63, 3.8) is 0 Å². The molecule has 39 heavy (non-hydrogen) atoms. The summed E-state index contributed by atoms with van der Waals surface area (Å²) in [6, 6.07) is 25.2. The second-order valence-corrected chi connectivity index (χ2v) is 11.3. The average Bonchev–Trinajstić information content (AvgIpc) is 3.52. The molecule has 4 aromatic rings. The number of imide groups is 1. The van der Waals surface area contributed by atoms with Crippen LogP contribution in [-0.4, -0.2) is 60.4 Å². The highest BCUT2D eigenvalue weighted by Crippen LogP contribution is 2.65. The first-order chi connectivity index (χ1) is 19.0. The summed E-state index contributed by atoms with van der Waals surface area (Å²) in [4.78, 5) is 34.0. The Labute approximate surface area is 228 Å². The molecular formula is C33H33N3O3. The zero-order valence-corrected chi connectivity index (χ0v) is 22.4. The minimum absolute atomic E-state index is 0.0276. The topological polar surface area (TPSA) is 65.6 Å². The molecule has 2 atom stereocenters. The summed E-state index contributed by atoms with van der Waals surface area (Å²) in [5.74, 6) is 0.0883. The molecule has 1 aromatic heterocycles. The van der Waals surface area contributed by atoms with Crippen LogP contribution in [0.15, 0.2) is 79.0 Å². The van der Waals surface area contributed by atoms with Gasteiger partial charge in [0.15, 0.2) is 0 Å². The van der Waals surface area contributed by atoms with Crippen molar-refractivity contribution in [2.75, 3.05) is 33.8 Å². The average molecular weight is 520 g/mol. The molecule has 8 rings (SSSR count). The summed E-state index contributed by atoms with van der Waals surface area (Å²) in [5.41, 5.74) is 5.52. The highest BCUT2D eigenvalue weighted by molar-refractivity contribution is 6.08. The summed E-state index contributed by atoms with van der Waals surface area (Å²) in [6.07, 6.45) is 3.66. The molecule has 4 aliphatic rings. The van der Waals surface area contributed by atoms with Gasteiger partial charge < -0.3 is 14.6 Å². The number of nitrogens with zero attached hydrogens (tertiary/aromatic N) is 2. The molecule has 1 fully saturated rings. The maximum Gasteiger partial charge on any atom is 0.234 e. The Balaban J connectivity index is 1.12. The van der Waals surface area contributed by atoms with E-state index in [0.717, 1.165) is 42.6 Å². The Morgan fingerprint density at radius 1 is 0.923 bits per heavy atom. The minimum Gasteiger partial charge on any atom is -0.492 e. The van der Waals surface area contributed by atoms with Crippen LogP contribution in [-0.2, 0) is 15.0 Å². The van der Waals surface area contributed by atoms with Crippen molar-refractivity contribution in [3.8, 4) is 5.75 Å². The second kappa shape index (κ2) is 9.09. The largest absolute Gasteiger partial charge is 0.492 e. The SMILES string of the molecule is CN(CCCC12c3ccccc3C(c3ccccc31)C1C(=O)N(C)C(=O)C12)CCOc1ccc2[nH]ccc2c1. The molecule has 0 saturated carbocycles. The monoisotopic (exact) mass is 519 g/mol. The van der Waals surface area contributed by atoms with Crippen LogP contribution in [0.3, 0.4) is 0 Å². The molecule has 2 heterocycles. The van der Waals surface area contributed by atoms with Crippen LogP contribution in [0.25, 0.3) is 10.9 Å². The van der Waals surface area contributed by atoms with Crippen molar-refractivity contribution in [1.82, 2.24) is 14.8 Å². The van der Waals surface area contributed by atoms with E-state index in [0.29, 0.717) is 6.61 Å². The maximum absolute atomic E-state index is 13.7. The first-order valence-corrected chi connectivity index (χ1v) is 13.9. The molecule has 2 unspecified atom stereocenters. The Kier molecular flexibility index (Phi) is 5.63. The molecule has 0 radical (unpaired) electrons. The van der Waals surface area contributed by atoms with E-state index >= 15 is 0 Å². The van der Waals surface area contributed by atoms with Gasteiger partial charge in [-0.1, -0.05) is 48.5 Å². The van der Waals surface area contributed by atoms with E-state index in [-0.39, 0.29) is 29.6 Å². The molecule has 1 aliphatic heterocycles. The van der Waals surface area contributed by atoms with E-state index in [1.807, 2.05) is 24.4 Å². The number of ether oxygens (including phenoxy) is 1. The van der Waals surface area contributed by atoms with Gasteiger partial charge in [-0.25, -0.2) is 0 Å². The highest BCUT2D eigenvalue weighted by atomic mass is 16.5. The highest BCUT2D eigenvalue weighted by Gasteiger charge is 2.66. The Hall–Kier alpha value is -3.90. The Bertz CT molecular complexity index is 1540. The Morgan fingerprint density at radius 3 is 2.38 bits per heavy atom. The number of likely N-dealkylation sites (tertiary alicyclic amines) is 1. The summed E-state index contributed by atoms with van der Waals surface area (Å²) in [5, 5.41) is 1.15. The zero-order chi connectivity index (χ0) is 26.7. The number of nitrogens with one attached hydrogen (secondary N) is 1. The van der Waals surface area contributed by atoms with E-state index < -0.39 is 5.41 Å². The number of aromatic nitrogens is 1. The lowest BCUT2D eigenvalue weighted by Crippen LogP contribution is -2.53. The predicted molar refractivity (Wildman–Crippen MR) is 151 cm³/mol. The summed E-state index contributed by atoms with van der Waals surface area (Å²) in [6.45, 7) is 2.29. The molecular weight excluding hydrogens is 486 g/mol. The number of H-pyrrole nitrogens is 1. The lowest BCUT2D eigenvalue weighted by molar-refractivity contribution is -0.138. The molecule has 1 saturated heterocycles. The van der Waals surface area contributed by atoms with Crippen LogP contribution in [0.1, 0.15) is 41.0 Å². The first kappa shape index (κ1) is 24.2. The van der Waals surface area contributed by atoms with Crippen LogP contribution in [0.4, 0.5) is 0 Å². The van der Waals surface area contributed by atoms with E-state index in [4.69, 9.17) is 4.74 Å². The van der Waals surface area contributed by atoms with Crippen LogP contribution in [0.2, 0.25) is 0 Å². The molecule has 2 bridgehead atoms. The van der Waals surface area contributed by atoms with Gasteiger partial charge in [0.2, 0.25) is 11.8 Å². The van der Waals surface area contributed by atoms with Crippen LogP contribution < -0.4 is 4.74 Å². The number of amides is 2. The molecule has 1 N–H and O–H groups in total. The summed E-state index contributed by atoms with van der Waals surface area (Å²) in [7, 11) is 3.78. The van der Waals surface area contributed by atoms with Gasteiger partial charge in [-0.3, -0.25) is 14.5 Å². The minimum atomic E-state index is -0.493. The number of likely N-dealkylation sites (N-methyl/N-ethyl adjacent to an activating group) is 1. The van der Waals surface area contributed by atoms with Gasteiger partial charge in [0.1, 0.15) is 12.4 Å². The Morgan fingerprint density at radius 2 is 1.64 bits per heavy atom. The standard InChI is InChI=1S/C33H33N3O3/c1-35(18-19-39-22-12-13-27-21(20-22)14-16-34-27)17-7-15-33-25-10-5-3-8-23(25)28(24-9-4-6-11-26(24)33)29-30(33)32(38)36(2)31(29)37/h3-6,8-14,16,20,28-30,34H,7,15,17-19H2,1-2H3. The molecule has 198 valence electrons. The number of benzene rings is 3. The summed E-state index contributed by atoms with van der Waals surface area (Å²) < 4.78 is 6.04. The van der Waals surface area contributed by atoms with E-state index in [1.54, 1.807) is 7.05 Å². The third-order valence-corrected chi connectivity index (χ3v) is 9.39. The van der Waals surface area contributed by atoms with Crippen molar-refractivity contribution in [1.29, 1.82) is 0 Å². The smallest absolute Gasteiger partial charge is 0.234 e. The lowest BCUT2D eigenvalue weighted by Gasteiger charge is -2.54. The van der Waals surface area contributed by atoms with Gasteiger partial charge in [0.05, 0.1) is 11.8 Å². The maximum atomic E-state index is 13.7. The number of aromatic amines is 1. The van der Waals surface area contributed by atoms with Gasteiger partial charge in [-0.15, -0.1) is 0 Å². The number of hydrogen-bond acceptors (Lipinski definition) is 4. The molecule has 6 heteroatoms. The number of hydrogen-bond donors (Lipinski definition) is 1. The summed E-state index contributed by atoms with van der Waals surface area (Å²) >= 11 is 0. The fourth-order valence-electron chi connectivity index (χ4n) is 7.68. The number of carbonyl (C=O) groups is 2. The molecule has 3 aromatic carbocycles. The van der Waals surface area contributed by atoms with Gasteiger partial charge in [-0.05, 0) is 73.0 Å². The fraction of sp³-hybridized carbons (Fsp3) is 0.333. The van der Waals surface area contributed by atoms with Crippen LogP contribution >= 0.6 is 0 Å². The van der Waals surface area contributed by atoms with Crippen LogP contribution in [0.5, 0.6) is 5.75 Å². The third-order valence-electron chi connectivity index (χ3n) is 9.39. The van der Waals surface area contributed by atoms with E-state index in [9.17, 15) is 9.59 Å². The second-order valence-electron chi connectivity index (χ2n) is 11.3. The fourth-order valence-corrected chi connectivity index (χ4v) is 7.68. The van der Waals surface area contributed by atoms with Gasteiger partial charge in [-0.2, -0.15) is 0 Å². The predicted octanol–water partition coefficient (Wildman–Crippen LogP) is 4.93. The zero-order valence-electron chi connectivity index (χ0n) is 22.4. The van der Waals surface area contributed by atoms with Crippen LogP contribution in [0, 0.1) is 11.8 Å². The molecule has 3 aliphatic carbocycles. The van der Waals surface area contributed by atoms with Crippen molar-refractivity contribution >= 4 is 22.7 Å². The number of carbonyl (C=O) groups excluding carboxylic acids is 2. The molecule has 2 amide bonds. The van der Waals surface area contributed by atoms with Crippen molar-refractivity contribution in [3.05, 3.63) is 101 Å². The van der Waals surface area contributed by atoms with Crippen molar-refractivity contribution < 1.29 is 14.3 Å². The van der Waals surface area contributed by atoms with Crippen molar-refractivity contribution in [2.24, 2.45) is 11.8 Å². The number of fused-ring (bicyclic) bond motifs is 1. The lowest BCUT2D eigenvalue weighted by atomic mass is 9.46. The van der Waals surface area contributed by atoms with Crippen molar-refractivity contribution in [2.45, 2.75) is 24.2 Å². The molecule has 0 spiro atoms. The van der Waals surface area contributed by atoms with E-state index in [1.165, 1.54) is 27.2 Å². The first-order valence-electron chi connectivity index (χ1n) is 13.9. The normalized spacial score (nSPS) is 24.8. The molecule has 6 nitrogen and oxygen atoms in total. The third kappa shape index (κ3) is 3.51.